The molecular weight excluding hydrogens is 330 g/mol. The molecule has 0 aliphatic carbocycles. The molecule has 0 bridgehead atoms. The Kier molecular flexibility index (Phi) is 3.97. The molecule has 0 fully saturated rings. The molecule has 0 aromatic heterocycles. The van der Waals surface area contributed by atoms with Crippen molar-refractivity contribution in [2.24, 2.45) is 0 Å². The molecule has 2 aromatic carbocycles. The average molecular weight is 341 g/mol. The van der Waals surface area contributed by atoms with Crippen molar-refractivity contribution in [1.29, 1.82) is 0 Å². The second-order valence-corrected chi connectivity index (χ2v) is 5.29. The van der Waals surface area contributed by atoms with Crippen LogP contribution < -0.4 is 16.8 Å². The molecule has 5 N–H and O–H groups in total. The summed E-state index contributed by atoms with van der Waals surface area (Å²) in [6.07, 6.45) is 0. The maximum atomic E-state index is 12.1. The Hall–Kier alpha value is -1.72. The molecule has 0 heterocycles. The van der Waals surface area contributed by atoms with Gasteiger partial charge >= 0.3 is 0 Å². The molecule has 98 valence electrons. The first-order valence-electron chi connectivity index (χ1n) is 5.38. The summed E-state index contributed by atoms with van der Waals surface area (Å²) in [5.41, 5.74) is 13.1. The highest BCUT2D eigenvalue weighted by molar-refractivity contribution is 9.10. The number of amides is 1. The predicted molar refractivity (Wildman–Crippen MR) is 82.4 cm³/mol. The Morgan fingerprint density at radius 3 is 2.32 bits per heavy atom. The first kappa shape index (κ1) is 13.7. The summed E-state index contributed by atoms with van der Waals surface area (Å²) in [5, 5.41) is 3.15. The van der Waals surface area contributed by atoms with Crippen LogP contribution in [0.3, 0.4) is 0 Å². The van der Waals surface area contributed by atoms with Crippen LogP contribution in [0.1, 0.15) is 10.4 Å². The quantitative estimate of drug-likeness (QED) is 0.732. The lowest BCUT2D eigenvalue weighted by Crippen LogP contribution is -2.13. The SMILES string of the molecule is Nc1cc(N)cc(C(=O)Nc2ccc(Br)cc2Cl)c1. The third kappa shape index (κ3) is 3.39. The van der Waals surface area contributed by atoms with Gasteiger partial charge in [-0.25, -0.2) is 0 Å². The van der Waals surface area contributed by atoms with Crippen LogP contribution >= 0.6 is 27.5 Å². The highest BCUT2D eigenvalue weighted by atomic mass is 79.9. The van der Waals surface area contributed by atoms with Crippen molar-refractivity contribution >= 4 is 50.5 Å². The molecule has 0 atom stereocenters. The fourth-order valence-electron chi connectivity index (χ4n) is 1.59. The standard InChI is InChI=1S/C13H11BrClN3O/c14-8-1-2-12(11(15)5-8)18-13(19)7-3-9(16)6-10(17)4-7/h1-6H,16-17H2,(H,18,19). The Bertz CT molecular complexity index is 626. The van der Waals surface area contributed by atoms with Gasteiger partial charge in [0.1, 0.15) is 0 Å². The van der Waals surface area contributed by atoms with Crippen LogP contribution in [0.4, 0.5) is 17.1 Å². The normalized spacial score (nSPS) is 10.2. The minimum absolute atomic E-state index is 0.316. The van der Waals surface area contributed by atoms with Crippen LogP contribution in [-0.2, 0) is 0 Å². The Balaban J connectivity index is 2.25. The van der Waals surface area contributed by atoms with E-state index in [1.807, 2.05) is 0 Å². The van der Waals surface area contributed by atoms with E-state index in [0.29, 0.717) is 27.6 Å². The molecule has 6 heteroatoms. The number of halogens is 2. The summed E-state index contributed by atoms with van der Waals surface area (Å²) in [6.45, 7) is 0. The van der Waals surface area contributed by atoms with Gasteiger partial charge in [0.2, 0.25) is 0 Å². The first-order valence-corrected chi connectivity index (χ1v) is 6.55. The van der Waals surface area contributed by atoms with Crippen LogP contribution in [0, 0.1) is 0 Å². The van der Waals surface area contributed by atoms with Crippen molar-refractivity contribution in [3.63, 3.8) is 0 Å². The zero-order chi connectivity index (χ0) is 14.0. The smallest absolute Gasteiger partial charge is 0.255 e. The summed E-state index contributed by atoms with van der Waals surface area (Å²) >= 11 is 9.33. The first-order chi connectivity index (χ1) is 8.95. The van der Waals surface area contributed by atoms with Crippen LogP contribution in [0.2, 0.25) is 5.02 Å². The lowest BCUT2D eigenvalue weighted by molar-refractivity contribution is 0.102. The number of carbonyl (C=O) groups is 1. The number of anilines is 3. The molecule has 0 aliphatic rings. The number of nitrogens with one attached hydrogen (secondary N) is 1. The maximum absolute atomic E-state index is 12.1. The van der Waals surface area contributed by atoms with Gasteiger partial charge in [-0.2, -0.15) is 0 Å². The number of hydrogen-bond acceptors (Lipinski definition) is 3. The number of hydrogen-bond donors (Lipinski definition) is 3. The molecule has 0 saturated carbocycles. The van der Waals surface area contributed by atoms with Crippen molar-refractivity contribution in [2.75, 3.05) is 16.8 Å². The lowest BCUT2D eigenvalue weighted by Gasteiger charge is -2.08. The highest BCUT2D eigenvalue weighted by Gasteiger charge is 2.10. The Morgan fingerprint density at radius 2 is 1.74 bits per heavy atom. The zero-order valence-corrected chi connectivity index (χ0v) is 12.1. The third-order valence-corrected chi connectivity index (χ3v) is 3.23. The molecule has 1 amide bonds. The lowest BCUT2D eigenvalue weighted by atomic mass is 10.1. The minimum Gasteiger partial charge on any atom is -0.399 e. The second kappa shape index (κ2) is 5.50. The maximum Gasteiger partial charge on any atom is 0.255 e. The van der Waals surface area contributed by atoms with Crippen molar-refractivity contribution in [1.82, 2.24) is 0 Å². The third-order valence-electron chi connectivity index (χ3n) is 2.42. The molecule has 0 unspecified atom stereocenters. The van der Waals surface area contributed by atoms with E-state index in [9.17, 15) is 4.79 Å². The molecule has 19 heavy (non-hydrogen) atoms. The van der Waals surface area contributed by atoms with Gasteiger partial charge in [-0.1, -0.05) is 27.5 Å². The molecule has 2 aromatic rings. The van der Waals surface area contributed by atoms with E-state index in [2.05, 4.69) is 21.2 Å². The van der Waals surface area contributed by atoms with E-state index >= 15 is 0 Å². The predicted octanol–water partition coefficient (Wildman–Crippen LogP) is 3.52. The van der Waals surface area contributed by atoms with Gasteiger partial charge in [0.05, 0.1) is 10.7 Å². The fourth-order valence-corrected chi connectivity index (χ4v) is 2.31. The second-order valence-electron chi connectivity index (χ2n) is 3.97. The minimum atomic E-state index is -0.316. The van der Waals surface area contributed by atoms with Gasteiger partial charge in [-0.3, -0.25) is 4.79 Å². The fraction of sp³-hybridized carbons (Fsp3) is 0. The monoisotopic (exact) mass is 339 g/mol. The topological polar surface area (TPSA) is 81.1 Å². The summed E-state index contributed by atoms with van der Waals surface area (Å²) < 4.78 is 0.837. The van der Waals surface area contributed by atoms with Gasteiger partial charge in [0, 0.05) is 21.4 Å². The highest BCUT2D eigenvalue weighted by Crippen LogP contribution is 2.26. The molecule has 2 rings (SSSR count). The van der Waals surface area contributed by atoms with E-state index in [4.69, 9.17) is 23.1 Å². The molecule has 4 nitrogen and oxygen atoms in total. The van der Waals surface area contributed by atoms with E-state index in [1.54, 1.807) is 36.4 Å². The van der Waals surface area contributed by atoms with Crippen LogP contribution in [0.25, 0.3) is 0 Å². The molecule has 0 aliphatic heterocycles. The van der Waals surface area contributed by atoms with Gasteiger partial charge in [-0.15, -0.1) is 0 Å². The van der Waals surface area contributed by atoms with Gasteiger partial charge < -0.3 is 16.8 Å². The molecule has 0 saturated heterocycles. The summed E-state index contributed by atoms with van der Waals surface area (Å²) in [4.78, 5) is 12.1. The summed E-state index contributed by atoms with van der Waals surface area (Å²) in [7, 11) is 0. The summed E-state index contributed by atoms with van der Waals surface area (Å²) in [5.74, 6) is -0.316. The van der Waals surface area contributed by atoms with Crippen molar-refractivity contribution in [3.05, 3.63) is 51.5 Å². The largest absolute Gasteiger partial charge is 0.399 e. The average Bonchev–Trinajstić information content (AvgIpc) is 2.31. The van der Waals surface area contributed by atoms with Crippen molar-refractivity contribution < 1.29 is 4.79 Å². The zero-order valence-electron chi connectivity index (χ0n) is 9.78. The Morgan fingerprint density at radius 1 is 1.11 bits per heavy atom. The van der Waals surface area contributed by atoms with Crippen molar-refractivity contribution in [3.8, 4) is 0 Å². The van der Waals surface area contributed by atoms with Crippen LogP contribution in [0.5, 0.6) is 0 Å². The summed E-state index contributed by atoms with van der Waals surface area (Å²) in [6, 6.07) is 9.89. The van der Waals surface area contributed by atoms with Gasteiger partial charge in [0.25, 0.3) is 5.91 Å². The van der Waals surface area contributed by atoms with Crippen LogP contribution in [-0.4, -0.2) is 5.91 Å². The Labute approximate surface area is 123 Å². The molecular formula is C13H11BrClN3O. The van der Waals surface area contributed by atoms with E-state index in [1.165, 1.54) is 0 Å². The van der Waals surface area contributed by atoms with Crippen LogP contribution in [0.15, 0.2) is 40.9 Å². The van der Waals surface area contributed by atoms with E-state index in [-0.39, 0.29) is 5.91 Å². The number of nitrogen functional groups attached to an aromatic ring is 2. The van der Waals surface area contributed by atoms with Gasteiger partial charge in [0.15, 0.2) is 0 Å². The number of rotatable bonds is 2. The van der Waals surface area contributed by atoms with E-state index < -0.39 is 0 Å². The molecule has 0 radical (unpaired) electrons. The number of carbonyl (C=O) groups excluding carboxylic acids is 1. The molecule has 0 spiro atoms. The van der Waals surface area contributed by atoms with Crippen molar-refractivity contribution in [2.45, 2.75) is 0 Å². The number of nitrogens with two attached hydrogens (primary N) is 2. The van der Waals surface area contributed by atoms with Gasteiger partial charge in [-0.05, 0) is 36.4 Å². The van der Waals surface area contributed by atoms with E-state index in [0.717, 1.165) is 4.47 Å². The number of benzene rings is 2.